The van der Waals surface area contributed by atoms with Gasteiger partial charge in [-0.1, -0.05) is 65.8 Å². The van der Waals surface area contributed by atoms with Crippen LogP contribution in [0.1, 0.15) is 88.9 Å². The van der Waals surface area contributed by atoms with Crippen molar-refractivity contribution in [3.63, 3.8) is 0 Å². The smallest absolute Gasteiger partial charge is 0.153 e. The van der Waals surface area contributed by atoms with Crippen LogP contribution in [-0.2, 0) is 0 Å². The number of aldehydes is 2. The monoisotopic (exact) mass is 428 g/mol. The van der Waals surface area contributed by atoms with Crippen LogP contribution in [0.5, 0.6) is 11.5 Å². The first-order valence-corrected chi connectivity index (χ1v) is 11.2. The number of para-hydroxylation sites is 2. The molecule has 0 aliphatic carbocycles. The third-order valence-corrected chi connectivity index (χ3v) is 4.50. The molecule has 0 aliphatic heterocycles. The zero-order valence-corrected chi connectivity index (χ0v) is 20.5. The van der Waals surface area contributed by atoms with Crippen molar-refractivity contribution in [2.24, 2.45) is 5.41 Å². The fourth-order valence-electron chi connectivity index (χ4n) is 2.71. The number of carbonyl (C=O) groups is 2. The summed E-state index contributed by atoms with van der Waals surface area (Å²) < 4.78 is 12.0. The Hall–Kier alpha value is -2.62. The average molecular weight is 429 g/mol. The molecule has 0 amide bonds. The predicted molar refractivity (Wildman–Crippen MR) is 130 cm³/mol. The summed E-state index contributed by atoms with van der Waals surface area (Å²) in [6.45, 7) is 16.8. The lowest BCUT2D eigenvalue weighted by molar-refractivity contribution is 0.0700. The number of carbonyl (C=O) groups excluding carboxylic acids is 2. The average Bonchev–Trinajstić information content (AvgIpc) is 2.79. The molecule has 0 radical (unpaired) electrons. The second-order valence-corrected chi connectivity index (χ2v) is 8.13. The highest BCUT2D eigenvalue weighted by Crippen LogP contribution is 2.31. The SMILES string of the molecule is CC.CC.CC(C)(CCC(C)(C)Oc1ccccc1C=O)COc1ccccc1C=O. The molecular formula is C27H40O4. The van der Waals surface area contributed by atoms with E-state index in [1.54, 1.807) is 12.1 Å². The van der Waals surface area contributed by atoms with Crippen molar-refractivity contribution in [3.8, 4) is 11.5 Å². The third-order valence-electron chi connectivity index (χ3n) is 4.50. The van der Waals surface area contributed by atoms with Gasteiger partial charge in [0.05, 0.1) is 17.7 Å². The maximum atomic E-state index is 11.2. The van der Waals surface area contributed by atoms with Crippen LogP contribution < -0.4 is 9.47 Å². The van der Waals surface area contributed by atoms with Crippen LogP contribution in [0.25, 0.3) is 0 Å². The van der Waals surface area contributed by atoms with E-state index in [2.05, 4.69) is 13.8 Å². The van der Waals surface area contributed by atoms with Gasteiger partial charge in [-0.2, -0.15) is 0 Å². The fourth-order valence-corrected chi connectivity index (χ4v) is 2.71. The van der Waals surface area contributed by atoms with Gasteiger partial charge in [-0.05, 0) is 56.4 Å². The summed E-state index contributed by atoms with van der Waals surface area (Å²) in [5.41, 5.74) is 0.596. The number of hydrogen-bond donors (Lipinski definition) is 0. The van der Waals surface area contributed by atoms with Crippen LogP contribution in [0.15, 0.2) is 48.5 Å². The summed E-state index contributed by atoms with van der Waals surface area (Å²) in [6.07, 6.45) is 3.29. The largest absolute Gasteiger partial charge is 0.492 e. The normalized spacial score (nSPS) is 10.6. The van der Waals surface area contributed by atoms with Crippen LogP contribution >= 0.6 is 0 Å². The molecule has 4 heteroatoms. The summed E-state index contributed by atoms with van der Waals surface area (Å²) in [4.78, 5) is 22.3. The molecule has 0 fully saturated rings. The highest BCUT2D eigenvalue weighted by Gasteiger charge is 2.27. The summed E-state index contributed by atoms with van der Waals surface area (Å²) in [5, 5.41) is 0. The Morgan fingerprint density at radius 2 is 1.16 bits per heavy atom. The molecule has 4 nitrogen and oxygen atoms in total. The molecule has 0 unspecified atom stereocenters. The van der Waals surface area contributed by atoms with Crippen LogP contribution in [0.4, 0.5) is 0 Å². The van der Waals surface area contributed by atoms with Gasteiger partial charge in [0.1, 0.15) is 17.1 Å². The maximum absolute atomic E-state index is 11.2. The van der Waals surface area contributed by atoms with Crippen molar-refractivity contribution in [2.45, 2.75) is 73.8 Å². The lowest BCUT2D eigenvalue weighted by Crippen LogP contribution is -2.32. The molecule has 0 aromatic heterocycles. The van der Waals surface area contributed by atoms with Gasteiger partial charge in [-0.3, -0.25) is 9.59 Å². The van der Waals surface area contributed by atoms with Crippen LogP contribution in [0.3, 0.4) is 0 Å². The van der Waals surface area contributed by atoms with E-state index >= 15 is 0 Å². The molecule has 2 aromatic rings. The molecule has 0 aliphatic rings. The number of rotatable bonds is 10. The Labute approximate surface area is 189 Å². The molecule has 2 aromatic carbocycles. The minimum atomic E-state index is -0.420. The summed E-state index contributed by atoms with van der Waals surface area (Å²) in [5.74, 6) is 1.21. The highest BCUT2D eigenvalue weighted by molar-refractivity contribution is 5.79. The molecule has 0 spiro atoms. The Kier molecular flexibility index (Phi) is 13.2. The summed E-state index contributed by atoms with van der Waals surface area (Å²) in [6, 6.07) is 14.5. The first-order chi connectivity index (χ1) is 14.8. The fraction of sp³-hybridized carbons (Fsp3) is 0.481. The highest BCUT2D eigenvalue weighted by atomic mass is 16.5. The zero-order chi connectivity index (χ0) is 23.9. The van der Waals surface area contributed by atoms with Gasteiger partial charge in [-0.25, -0.2) is 0 Å². The quantitative estimate of drug-likeness (QED) is 0.370. The molecule has 0 heterocycles. The van der Waals surface area contributed by atoms with E-state index in [1.807, 2.05) is 77.9 Å². The Bertz CT molecular complexity index is 778. The minimum absolute atomic E-state index is 0.0964. The lowest BCUT2D eigenvalue weighted by Gasteiger charge is -2.32. The van der Waals surface area contributed by atoms with Crippen molar-refractivity contribution < 1.29 is 19.1 Å². The van der Waals surface area contributed by atoms with Crippen molar-refractivity contribution in [1.29, 1.82) is 0 Å². The second-order valence-electron chi connectivity index (χ2n) is 8.13. The van der Waals surface area contributed by atoms with Gasteiger partial charge >= 0.3 is 0 Å². The Balaban J connectivity index is 0.00000212. The van der Waals surface area contributed by atoms with Gasteiger partial charge in [0.15, 0.2) is 12.6 Å². The predicted octanol–water partition coefficient (Wildman–Crippen LogP) is 7.41. The van der Waals surface area contributed by atoms with Gasteiger partial charge < -0.3 is 9.47 Å². The van der Waals surface area contributed by atoms with E-state index in [1.165, 1.54) is 0 Å². The van der Waals surface area contributed by atoms with Crippen molar-refractivity contribution >= 4 is 12.6 Å². The van der Waals surface area contributed by atoms with Gasteiger partial charge in [-0.15, -0.1) is 0 Å². The molecule has 0 N–H and O–H groups in total. The van der Waals surface area contributed by atoms with Crippen molar-refractivity contribution in [1.82, 2.24) is 0 Å². The Morgan fingerprint density at radius 3 is 1.68 bits per heavy atom. The standard InChI is InChI=1S/C23H28O4.2C2H6/c1-22(2,17-26-20-11-7-5-9-18(20)15-24)13-14-23(3,4)27-21-12-8-6-10-19(21)16-25;2*1-2/h5-12,15-16H,13-14,17H2,1-4H3;2*1-2H3. The molecule has 0 bridgehead atoms. The van der Waals surface area contributed by atoms with Crippen molar-refractivity contribution in [3.05, 3.63) is 59.7 Å². The minimum Gasteiger partial charge on any atom is -0.492 e. The lowest BCUT2D eigenvalue weighted by atomic mass is 9.84. The molecule has 0 atom stereocenters. The Morgan fingerprint density at radius 1 is 0.710 bits per heavy atom. The summed E-state index contributed by atoms with van der Waals surface area (Å²) in [7, 11) is 0. The van der Waals surface area contributed by atoms with E-state index in [4.69, 9.17) is 9.47 Å². The van der Waals surface area contributed by atoms with Gasteiger partial charge in [0.2, 0.25) is 0 Å². The maximum Gasteiger partial charge on any atom is 0.153 e. The number of hydrogen-bond acceptors (Lipinski definition) is 4. The first-order valence-electron chi connectivity index (χ1n) is 11.2. The van der Waals surface area contributed by atoms with E-state index in [0.29, 0.717) is 29.2 Å². The van der Waals surface area contributed by atoms with E-state index in [-0.39, 0.29) is 5.41 Å². The van der Waals surface area contributed by atoms with Crippen LogP contribution in [0.2, 0.25) is 0 Å². The third kappa shape index (κ3) is 10.3. The molecule has 0 saturated carbocycles. The van der Waals surface area contributed by atoms with Crippen molar-refractivity contribution in [2.75, 3.05) is 6.61 Å². The molecule has 31 heavy (non-hydrogen) atoms. The second kappa shape index (κ2) is 14.4. The zero-order valence-electron chi connectivity index (χ0n) is 20.5. The first kappa shape index (κ1) is 28.4. The summed E-state index contributed by atoms with van der Waals surface area (Å²) >= 11 is 0. The van der Waals surface area contributed by atoms with Gasteiger partial charge in [0.25, 0.3) is 0 Å². The van der Waals surface area contributed by atoms with E-state index in [0.717, 1.165) is 25.4 Å². The topological polar surface area (TPSA) is 52.6 Å². The molecule has 0 saturated heterocycles. The van der Waals surface area contributed by atoms with E-state index < -0.39 is 5.60 Å². The number of ether oxygens (including phenoxy) is 2. The van der Waals surface area contributed by atoms with Crippen LogP contribution in [-0.4, -0.2) is 24.8 Å². The number of benzene rings is 2. The van der Waals surface area contributed by atoms with Gasteiger partial charge in [0, 0.05) is 0 Å². The molecule has 2 rings (SSSR count). The van der Waals surface area contributed by atoms with E-state index in [9.17, 15) is 9.59 Å². The van der Waals surface area contributed by atoms with Crippen LogP contribution in [0, 0.1) is 5.41 Å². The molecular weight excluding hydrogens is 388 g/mol. The molecule has 172 valence electrons.